The number of carbonyl (C=O) groups excluding carboxylic acids is 1. The molecular formula is C23H31N3O2. The van der Waals surface area contributed by atoms with Crippen LogP contribution in [0.15, 0.2) is 23.0 Å². The second-order valence-electron chi connectivity index (χ2n) is 9.58. The van der Waals surface area contributed by atoms with Crippen LogP contribution < -0.4 is 10.9 Å². The molecule has 2 heterocycles. The van der Waals surface area contributed by atoms with Crippen molar-refractivity contribution in [2.45, 2.75) is 72.3 Å². The minimum absolute atomic E-state index is 0.0153. The quantitative estimate of drug-likeness (QED) is 0.831. The number of rotatable bonds is 2. The number of benzene rings is 1. The fraction of sp³-hybridized carbons (Fsp3) is 0.609. The summed E-state index contributed by atoms with van der Waals surface area (Å²) in [5.74, 6) is 1.72. The molecule has 1 aliphatic heterocycles. The van der Waals surface area contributed by atoms with Crippen molar-refractivity contribution in [3.05, 3.63) is 34.4 Å². The zero-order valence-corrected chi connectivity index (χ0v) is 17.3. The first-order chi connectivity index (χ1) is 13.3. The van der Waals surface area contributed by atoms with Gasteiger partial charge in [-0.25, -0.2) is 4.98 Å². The van der Waals surface area contributed by atoms with Gasteiger partial charge in [-0.15, -0.1) is 0 Å². The topological polar surface area (TPSA) is 64.0 Å². The molecule has 150 valence electrons. The van der Waals surface area contributed by atoms with E-state index in [9.17, 15) is 9.59 Å². The summed E-state index contributed by atoms with van der Waals surface area (Å²) >= 11 is 0. The van der Waals surface area contributed by atoms with Gasteiger partial charge in [-0.1, -0.05) is 20.8 Å². The Morgan fingerprint density at radius 3 is 2.61 bits per heavy atom. The summed E-state index contributed by atoms with van der Waals surface area (Å²) in [5, 5.41) is 3.65. The third kappa shape index (κ3) is 3.71. The normalized spacial score (nSPS) is 22.7. The maximum Gasteiger partial charge on any atom is 0.261 e. The molecule has 1 N–H and O–H groups in total. The molecule has 0 saturated heterocycles. The van der Waals surface area contributed by atoms with Gasteiger partial charge >= 0.3 is 0 Å². The van der Waals surface area contributed by atoms with Crippen molar-refractivity contribution in [3.8, 4) is 0 Å². The Bertz CT molecular complexity index is 947. The molecule has 4 rings (SSSR count). The number of hydrogen-bond donors (Lipinski definition) is 1. The minimum Gasteiger partial charge on any atom is -0.326 e. The molecular weight excluding hydrogens is 350 g/mol. The maximum absolute atomic E-state index is 12.9. The van der Waals surface area contributed by atoms with Gasteiger partial charge in [0.15, 0.2) is 0 Å². The van der Waals surface area contributed by atoms with Gasteiger partial charge in [0.2, 0.25) is 5.91 Å². The number of carbonyl (C=O) groups is 1. The van der Waals surface area contributed by atoms with Crippen molar-refractivity contribution < 1.29 is 4.79 Å². The summed E-state index contributed by atoms with van der Waals surface area (Å²) in [6.07, 6.45) is 7.07. The lowest BCUT2D eigenvalue weighted by atomic mass is 9.69. The predicted molar refractivity (Wildman–Crippen MR) is 112 cm³/mol. The van der Waals surface area contributed by atoms with E-state index in [0.29, 0.717) is 22.4 Å². The summed E-state index contributed by atoms with van der Waals surface area (Å²) in [6.45, 7) is 7.61. The Labute approximate surface area is 166 Å². The molecule has 0 bridgehead atoms. The SMILES string of the molecule is CC(C)(C)C1CCC(C(=O)Nc2ccc3nc4n(c(=O)c3c2)CCCC4)CC1. The number of nitrogens with zero attached hydrogens (tertiary/aromatic N) is 2. The largest absolute Gasteiger partial charge is 0.326 e. The van der Waals surface area contributed by atoms with Gasteiger partial charge in [-0.2, -0.15) is 0 Å². The molecule has 0 spiro atoms. The summed E-state index contributed by atoms with van der Waals surface area (Å²) in [5.41, 5.74) is 1.75. The molecule has 5 heteroatoms. The molecule has 1 fully saturated rings. The van der Waals surface area contributed by atoms with Gasteiger partial charge in [-0.05, 0) is 68.1 Å². The monoisotopic (exact) mass is 381 g/mol. The summed E-state index contributed by atoms with van der Waals surface area (Å²) in [7, 11) is 0. The van der Waals surface area contributed by atoms with E-state index in [-0.39, 0.29) is 17.4 Å². The van der Waals surface area contributed by atoms with Crippen LogP contribution in [-0.2, 0) is 17.8 Å². The molecule has 0 radical (unpaired) electrons. The number of anilines is 1. The van der Waals surface area contributed by atoms with Gasteiger partial charge in [0.25, 0.3) is 5.56 Å². The summed E-state index contributed by atoms with van der Waals surface area (Å²) in [4.78, 5) is 30.3. The smallest absolute Gasteiger partial charge is 0.261 e. The van der Waals surface area contributed by atoms with Crippen LogP contribution >= 0.6 is 0 Å². The Morgan fingerprint density at radius 2 is 1.89 bits per heavy atom. The molecule has 1 saturated carbocycles. The molecule has 0 atom stereocenters. The molecule has 28 heavy (non-hydrogen) atoms. The van der Waals surface area contributed by atoms with Crippen LogP contribution in [-0.4, -0.2) is 15.5 Å². The number of hydrogen-bond acceptors (Lipinski definition) is 3. The van der Waals surface area contributed by atoms with Crippen molar-refractivity contribution in [2.24, 2.45) is 17.3 Å². The lowest BCUT2D eigenvalue weighted by molar-refractivity contribution is -0.121. The highest BCUT2D eigenvalue weighted by atomic mass is 16.2. The van der Waals surface area contributed by atoms with E-state index in [1.165, 1.54) is 0 Å². The Hall–Kier alpha value is -2.17. The zero-order chi connectivity index (χ0) is 19.9. The van der Waals surface area contributed by atoms with E-state index in [4.69, 9.17) is 0 Å². The van der Waals surface area contributed by atoms with Crippen LogP contribution in [0.3, 0.4) is 0 Å². The van der Waals surface area contributed by atoms with E-state index in [1.54, 1.807) is 10.6 Å². The van der Waals surface area contributed by atoms with Crippen LogP contribution in [0, 0.1) is 17.3 Å². The minimum atomic E-state index is 0.0153. The van der Waals surface area contributed by atoms with Gasteiger partial charge in [0.05, 0.1) is 10.9 Å². The van der Waals surface area contributed by atoms with E-state index >= 15 is 0 Å². The van der Waals surface area contributed by atoms with E-state index in [0.717, 1.165) is 62.8 Å². The number of aromatic nitrogens is 2. The molecule has 1 aromatic carbocycles. The zero-order valence-electron chi connectivity index (χ0n) is 17.3. The van der Waals surface area contributed by atoms with E-state index in [1.807, 2.05) is 12.1 Å². The van der Waals surface area contributed by atoms with Gasteiger partial charge in [-0.3, -0.25) is 14.2 Å². The first-order valence-electron chi connectivity index (χ1n) is 10.7. The highest BCUT2D eigenvalue weighted by molar-refractivity contribution is 5.94. The van der Waals surface area contributed by atoms with Crippen LogP contribution in [0.25, 0.3) is 10.9 Å². The molecule has 1 aliphatic carbocycles. The molecule has 2 aliphatic rings. The highest BCUT2D eigenvalue weighted by Gasteiger charge is 2.32. The van der Waals surface area contributed by atoms with Crippen LogP contribution in [0.4, 0.5) is 5.69 Å². The second-order valence-corrected chi connectivity index (χ2v) is 9.58. The number of aryl methyl sites for hydroxylation is 1. The third-order valence-corrected chi connectivity index (χ3v) is 6.66. The predicted octanol–water partition coefficient (Wildman–Crippen LogP) is 4.52. The average Bonchev–Trinajstić information content (AvgIpc) is 2.68. The Balaban J connectivity index is 1.50. The van der Waals surface area contributed by atoms with Crippen LogP contribution in [0.2, 0.25) is 0 Å². The molecule has 1 amide bonds. The fourth-order valence-corrected chi connectivity index (χ4v) is 4.79. The average molecular weight is 382 g/mol. The van der Waals surface area contributed by atoms with Crippen molar-refractivity contribution in [3.63, 3.8) is 0 Å². The van der Waals surface area contributed by atoms with Gasteiger partial charge in [0, 0.05) is 24.6 Å². The number of nitrogens with one attached hydrogen (secondary N) is 1. The Kier molecular flexibility index (Phi) is 5.02. The number of fused-ring (bicyclic) bond motifs is 2. The maximum atomic E-state index is 12.9. The van der Waals surface area contributed by atoms with Crippen LogP contribution in [0.5, 0.6) is 0 Å². The second kappa shape index (κ2) is 7.34. The van der Waals surface area contributed by atoms with Gasteiger partial charge < -0.3 is 5.32 Å². The summed E-state index contributed by atoms with van der Waals surface area (Å²) < 4.78 is 1.80. The molecule has 0 unspecified atom stereocenters. The number of amides is 1. The van der Waals surface area contributed by atoms with Crippen molar-refractivity contribution >= 4 is 22.5 Å². The fourth-order valence-electron chi connectivity index (χ4n) is 4.79. The van der Waals surface area contributed by atoms with Crippen molar-refractivity contribution in [1.29, 1.82) is 0 Å². The van der Waals surface area contributed by atoms with Crippen LogP contribution in [0.1, 0.15) is 65.1 Å². The molecule has 5 nitrogen and oxygen atoms in total. The van der Waals surface area contributed by atoms with Crippen molar-refractivity contribution in [2.75, 3.05) is 5.32 Å². The molecule has 2 aromatic rings. The highest BCUT2D eigenvalue weighted by Crippen LogP contribution is 2.40. The Morgan fingerprint density at radius 1 is 1.14 bits per heavy atom. The first-order valence-corrected chi connectivity index (χ1v) is 10.7. The summed E-state index contributed by atoms with van der Waals surface area (Å²) in [6, 6.07) is 5.52. The van der Waals surface area contributed by atoms with Gasteiger partial charge in [0.1, 0.15) is 5.82 Å². The lowest BCUT2D eigenvalue weighted by Crippen LogP contribution is -2.31. The van der Waals surface area contributed by atoms with E-state index in [2.05, 4.69) is 31.1 Å². The lowest BCUT2D eigenvalue weighted by Gasteiger charge is -2.36. The third-order valence-electron chi connectivity index (χ3n) is 6.66. The van der Waals surface area contributed by atoms with Crippen molar-refractivity contribution in [1.82, 2.24) is 9.55 Å². The first kappa shape index (κ1) is 19.2. The molecule has 1 aromatic heterocycles. The van der Waals surface area contributed by atoms with E-state index < -0.39 is 0 Å². The standard InChI is InChI=1S/C23H31N3O2/c1-23(2,3)16-9-7-15(8-10-16)21(27)24-17-11-12-19-18(14-17)22(28)26-13-5-4-6-20(26)25-19/h11-12,14-16H,4-10,13H2,1-3H3,(H,24,27).